The van der Waals surface area contributed by atoms with Crippen LogP contribution in [0.5, 0.6) is 5.75 Å². The van der Waals surface area contributed by atoms with Gasteiger partial charge in [-0.3, -0.25) is 9.59 Å². The Bertz CT molecular complexity index is 1180. The van der Waals surface area contributed by atoms with Crippen LogP contribution in [0, 0.1) is 6.92 Å². The van der Waals surface area contributed by atoms with Crippen LogP contribution in [-0.4, -0.2) is 35.2 Å². The van der Waals surface area contributed by atoms with Crippen molar-refractivity contribution < 1.29 is 19.4 Å². The number of nitrogens with zero attached hydrogens (tertiary/aromatic N) is 1. The molecule has 1 amide bonds. The van der Waals surface area contributed by atoms with Gasteiger partial charge in [-0.1, -0.05) is 41.9 Å². The zero-order chi connectivity index (χ0) is 22.1. The fourth-order valence-corrected chi connectivity index (χ4v) is 4.64. The number of methoxy groups -OCH3 is 1. The van der Waals surface area contributed by atoms with Crippen LogP contribution in [0.1, 0.15) is 32.9 Å². The highest BCUT2D eigenvalue weighted by atomic mass is 35.5. The van der Waals surface area contributed by atoms with Gasteiger partial charge in [-0.25, -0.2) is 0 Å². The minimum atomic E-state index is -0.931. The van der Waals surface area contributed by atoms with E-state index in [1.54, 1.807) is 11.7 Å². The number of carbonyl (C=O) groups is 2. The van der Waals surface area contributed by atoms with Crippen molar-refractivity contribution in [1.29, 1.82) is 0 Å². The van der Waals surface area contributed by atoms with E-state index in [2.05, 4.69) is 5.32 Å². The normalized spacial score (nSPS) is 12.9. The molecule has 1 aromatic heterocycles. The first-order chi connectivity index (χ1) is 14.9. The lowest BCUT2D eigenvalue weighted by atomic mass is 9.92. The Balaban J connectivity index is 1.87. The highest BCUT2D eigenvalue weighted by Gasteiger charge is 2.29. The molecule has 0 spiro atoms. The van der Waals surface area contributed by atoms with Gasteiger partial charge >= 0.3 is 5.97 Å². The standard InChI is InChI=1S/C24H23ClN2O4/c1-14-17(23-19(10-11-26-24(23)30)27(14)13-21(28)29)12-15-6-3-4-7-16(15)22-18(25)8-5-9-20(22)31-2/h3-9H,10-13H2,1-2H3,(H,26,30)(H,28,29). The van der Waals surface area contributed by atoms with Crippen molar-refractivity contribution in [2.75, 3.05) is 13.7 Å². The predicted molar refractivity (Wildman–Crippen MR) is 119 cm³/mol. The second-order valence-corrected chi connectivity index (χ2v) is 7.93. The van der Waals surface area contributed by atoms with Crippen molar-refractivity contribution in [3.8, 4) is 16.9 Å². The molecule has 0 aliphatic carbocycles. The summed E-state index contributed by atoms with van der Waals surface area (Å²) in [5.41, 5.74) is 5.70. The number of nitrogens with one attached hydrogen (secondary N) is 1. The molecule has 160 valence electrons. The van der Waals surface area contributed by atoms with E-state index in [0.29, 0.717) is 35.7 Å². The average Bonchev–Trinajstić information content (AvgIpc) is 3.00. The number of ether oxygens (including phenoxy) is 1. The van der Waals surface area contributed by atoms with Crippen LogP contribution in [0.4, 0.5) is 0 Å². The summed E-state index contributed by atoms with van der Waals surface area (Å²) in [5.74, 6) is -0.421. The number of aromatic nitrogens is 1. The van der Waals surface area contributed by atoms with E-state index < -0.39 is 5.97 Å². The monoisotopic (exact) mass is 438 g/mol. The summed E-state index contributed by atoms with van der Waals surface area (Å²) >= 11 is 6.54. The molecule has 0 saturated heterocycles. The number of hydrogen-bond donors (Lipinski definition) is 2. The quantitative estimate of drug-likeness (QED) is 0.607. The predicted octanol–water partition coefficient (Wildman–Crippen LogP) is 4.09. The second-order valence-electron chi connectivity index (χ2n) is 7.52. The van der Waals surface area contributed by atoms with Crippen molar-refractivity contribution in [2.45, 2.75) is 26.3 Å². The number of amides is 1. The molecule has 0 radical (unpaired) electrons. The summed E-state index contributed by atoms with van der Waals surface area (Å²) in [4.78, 5) is 24.2. The fraction of sp³-hybridized carbons (Fsp3) is 0.250. The summed E-state index contributed by atoms with van der Waals surface area (Å²) in [7, 11) is 1.61. The third-order valence-corrected chi connectivity index (χ3v) is 6.09. The molecule has 2 N–H and O–H groups in total. The molecular weight excluding hydrogens is 416 g/mol. The van der Waals surface area contributed by atoms with E-state index in [-0.39, 0.29) is 12.5 Å². The van der Waals surface area contributed by atoms with Gasteiger partial charge in [0.15, 0.2) is 0 Å². The maximum atomic E-state index is 12.7. The van der Waals surface area contributed by atoms with Gasteiger partial charge in [-0.05, 0) is 35.7 Å². The molecule has 1 aliphatic rings. The van der Waals surface area contributed by atoms with Crippen molar-refractivity contribution >= 4 is 23.5 Å². The van der Waals surface area contributed by atoms with Crippen LogP contribution >= 0.6 is 11.6 Å². The highest BCUT2D eigenvalue weighted by Crippen LogP contribution is 2.39. The van der Waals surface area contributed by atoms with Crippen molar-refractivity contribution in [3.05, 3.63) is 75.6 Å². The fourth-order valence-electron chi connectivity index (χ4n) is 4.38. The number of aliphatic carboxylic acids is 1. The van der Waals surface area contributed by atoms with Crippen LogP contribution in [0.15, 0.2) is 42.5 Å². The smallest absolute Gasteiger partial charge is 0.323 e. The second kappa shape index (κ2) is 8.47. The van der Waals surface area contributed by atoms with Gasteiger partial charge in [0.1, 0.15) is 12.3 Å². The van der Waals surface area contributed by atoms with Crippen LogP contribution < -0.4 is 10.1 Å². The van der Waals surface area contributed by atoms with E-state index in [1.807, 2.05) is 49.4 Å². The molecule has 0 fully saturated rings. The van der Waals surface area contributed by atoms with Crippen LogP contribution in [0.2, 0.25) is 5.02 Å². The molecule has 2 heterocycles. The van der Waals surface area contributed by atoms with E-state index in [1.165, 1.54) is 0 Å². The Kier molecular flexibility index (Phi) is 5.74. The largest absolute Gasteiger partial charge is 0.496 e. The zero-order valence-corrected chi connectivity index (χ0v) is 18.1. The molecule has 7 heteroatoms. The lowest BCUT2D eigenvalue weighted by molar-refractivity contribution is -0.137. The van der Waals surface area contributed by atoms with Gasteiger partial charge in [-0.2, -0.15) is 0 Å². The Morgan fingerprint density at radius 1 is 1.19 bits per heavy atom. The van der Waals surface area contributed by atoms with Crippen LogP contribution in [0.25, 0.3) is 11.1 Å². The molecular formula is C24H23ClN2O4. The minimum Gasteiger partial charge on any atom is -0.496 e. The summed E-state index contributed by atoms with van der Waals surface area (Å²) in [6, 6.07) is 13.4. The molecule has 3 aromatic rings. The summed E-state index contributed by atoms with van der Waals surface area (Å²) < 4.78 is 7.30. The Hall–Kier alpha value is -3.25. The van der Waals surface area contributed by atoms with E-state index in [9.17, 15) is 14.7 Å². The number of rotatable bonds is 6. The average molecular weight is 439 g/mol. The van der Waals surface area contributed by atoms with E-state index >= 15 is 0 Å². The maximum Gasteiger partial charge on any atom is 0.323 e. The van der Waals surface area contributed by atoms with Gasteiger partial charge in [-0.15, -0.1) is 0 Å². The lowest BCUT2D eigenvalue weighted by Gasteiger charge is -2.17. The van der Waals surface area contributed by atoms with Gasteiger partial charge in [0.2, 0.25) is 0 Å². The molecule has 6 nitrogen and oxygen atoms in total. The molecule has 2 aromatic carbocycles. The third kappa shape index (κ3) is 3.79. The summed E-state index contributed by atoms with van der Waals surface area (Å²) in [5, 5.41) is 12.9. The molecule has 0 unspecified atom stereocenters. The molecule has 0 bridgehead atoms. The van der Waals surface area contributed by atoms with Gasteiger partial charge in [0, 0.05) is 36.3 Å². The Morgan fingerprint density at radius 2 is 1.97 bits per heavy atom. The zero-order valence-electron chi connectivity index (χ0n) is 17.4. The Labute approximate surface area is 185 Å². The maximum absolute atomic E-state index is 12.7. The van der Waals surface area contributed by atoms with Crippen molar-refractivity contribution in [2.24, 2.45) is 0 Å². The molecule has 0 saturated carbocycles. The van der Waals surface area contributed by atoms with Crippen LogP contribution in [0.3, 0.4) is 0 Å². The first-order valence-electron chi connectivity index (χ1n) is 10.0. The number of carboxylic acids is 1. The number of carboxylic acid groups (broad SMARTS) is 1. The van der Waals surface area contributed by atoms with Gasteiger partial charge < -0.3 is 19.7 Å². The highest BCUT2D eigenvalue weighted by molar-refractivity contribution is 6.33. The molecule has 4 rings (SSSR count). The number of hydrogen-bond acceptors (Lipinski definition) is 3. The van der Waals surface area contributed by atoms with Crippen molar-refractivity contribution in [1.82, 2.24) is 9.88 Å². The number of halogens is 1. The van der Waals surface area contributed by atoms with Crippen LogP contribution in [-0.2, 0) is 24.2 Å². The summed E-state index contributed by atoms with van der Waals surface area (Å²) in [6.45, 7) is 2.21. The van der Waals surface area contributed by atoms with Crippen molar-refractivity contribution in [3.63, 3.8) is 0 Å². The first kappa shape index (κ1) is 21.0. The van der Waals surface area contributed by atoms with E-state index in [4.69, 9.17) is 16.3 Å². The minimum absolute atomic E-state index is 0.156. The third-order valence-electron chi connectivity index (χ3n) is 5.77. The van der Waals surface area contributed by atoms with E-state index in [0.717, 1.165) is 33.6 Å². The van der Waals surface area contributed by atoms with Gasteiger partial charge in [0.05, 0.1) is 17.7 Å². The molecule has 1 aliphatic heterocycles. The first-order valence-corrected chi connectivity index (χ1v) is 10.4. The molecule has 0 atom stereocenters. The number of benzene rings is 2. The lowest BCUT2D eigenvalue weighted by Crippen LogP contribution is -2.33. The SMILES string of the molecule is COc1cccc(Cl)c1-c1ccccc1Cc1c2c(n(CC(=O)O)c1C)CCNC2=O. The number of fused-ring (bicyclic) bond motifs is 1. The summed E-state index contributed by atoms with van der Waals surface area (Å²) in [6.07, 6.45) is 1.08. The number of carbonyl (C=O) groups excluding carboxylic acids is 1. The van der Waals surface area contributed by atoms with Gasteiger partial charge in [0.25, 0.3) is 5.91 Å². The topological polar surface area (TPSA) is 80.6 Å². The Morgan fingerprint density at radius 3 is 2.71 bits per heavy atom. The molecule has 31 heavy (non-hydrogen) atoms.